The lowest BCUT2D eigenvalue weighted by atomic mass is 9.85. The van der Waals surface area contributed by atoms with E-state index >= 15 is 0 Å². The van der Waals surface area contributed by atoms with Gasteiger partial charge in [0.15, 0.2) is 5.65 Å². The number of halogens is 3. The van der Waals surface area contributed by atoms with Crippen LogP contribution in [0.3, 0.4) is 0 Å². The van der Waals surface area contributed by atoms with Crippen LogP contribution < -0.4 is 4.74 Å². The van der Waals surface area contributed by atoms with Crippen molar-refractivity contribution in [3.63, 3.8) is 0 Å². The molecule has 0 amide bonds. The van der Waals surface area contributed by atoms with Gasteiger partial charge in [-0.25, -0.2) is 22.2 Å². The quantitative estimate of drug-likeness (QED) is 0.305. The topological polar surface area (TPSA) is 127 Å². The van der Waals surface area contributed by atoms with E-state index in [1.165, 1.54) is 27.2 Å². The first kappa shape index (κ1) is 28.4. The molecule has 220 valence electrons. The fraction of sp³-hybridized carbons (Fsp3) is 0.357. The van der Waals surface area contributed by atoms with Gasteiger partial charge in [-0.2, -0.15) is 4.31 Å². The molecule has 1 atom stereocenters. The van der Waals surface area contributed by atoms with Crippen molar-refractivity contribution in [1.29, 1.82) is 0 Å². The molecule has 0 bridgehead atoms. The summed E-state index contributed by atoms with van der Waals surface area (Å²) in [5.74, 6) is -2.19. The maximum atomic E-state index is 13.8. The van der Waals surface area contributed by atoms with E-state index < -0.39 is 39.8 Å². The molecule has 2 aliphatic rings. The van der Waals surface area contributed by atoms with Crippen LogP contribution in [0, 0.1) is 13.8 Å². The molecule has 4 aromatic rings. The van der Waals surface area contributed by atoms with E-state index in [1.54, 1.807) is 25.1 Å². The molecule has 1 N–H and O–H groups in total. The Morgan fingerprint density at radius 1 is 1.19 bits per heavy atom. The molecule has 1 aliphatic carbocycles. The zero-order valence-electron chi connectivity index (χ0n) is 22.6. The summed E-state index contributed by atoms with van der Waals surface area (Å²) in [4.78, 5) is 16.0. The lowest BCUT2D eigenvalue weighted by Crippen LogP contribution is -2.38. The maximum Gasteiger partial charge on any atom is 0.304 e. The van der Waals surface area contributed by atoms with Crippen molar-refractivity contribution in [2.45, 2.75) is 62.5 Å². The van der Waals surface area contributed by atoms with Gasteiger partial charge in [-0.15, -0.1) is 10.2 Å². The van der Waals surface area contributed by atoms with Crippen LogP contribution in [0.2, 0.25) is 5.02 Å². The van der Waals surface area contributed by atoms with Crippen molar-refractivity contribution >= 4 is 33.2 Å². The standard InChI is InChI=1S/C28H26ClF2N5O5S/c1-15-3-4-17(21(11-23(37)38)20-5-8-36-25(16(20)2)33-34-26(36)24(30)31)9-18(15)13-35-14-28(6-7-28)41-27-22(42(35,39)40)10-19(29)12-32-27/h3-5,8-10,12,21,24H,6-7,11,13-14H2,1-2H3,(H,37,38)/t21-/m1/s1. The summed E-state index contributed by atoms with van der Waals surface area (Å²) in [6.07, 6.45) is 1.02. The number of aryl methyl sites for hydroxylation is 2. The number of alkyl halides is 2. The van der Waals surface area contributed by atoms with Gasteiger partial charge in [-0.1, -0.05) is 29.8 Å². The van der Waals surface area contributed by atoms with E-state index in [2.05, 4.69) is 15.2 Å². The molecule has 0 saturated heterocycles. The highest BCUT2D eigenvalue weighted by atomic mass is 35.5. The highest BCUT2D eigenvalue weighted by Gasteiger charge is 2.52. The number of fused-ring (bicyclic) bond motifs is 2. The van der Waals surface area contributed by atoms with Crippen LogP contribution in [0.5, 0.6) is 5.88 Å². The summed E-state index contributed by atoms with van der Waals surface area (Å²) in [6, 6.07) is 8.36. The normalized spacial score (nSPS) is 18.0. The smallest absolute Gasteiger partial charge is 0.304 e. The minimum atomic E-state index is -4.04. The SMILES string of the molecule is Cc1ccc([C@@H](CC(=O)O)c2ccn3c(C(F)F)nnc3c2C)cc1CN1CC2(CC2)Oc2ncc(Cl)cc2S1(=O)=O. The van der Waals surface area contributed by atoms with E-state index in [0.29, 0.717) is 35.1 Å². The summed E-state index contributed by atoms with van der Waals surface area (Å²) < 4.78 is 63.0. The van der Waals surface area contributed by atoms with E-state index in [4.69, 9.17) is 16.3 Å². The summed E-state index contributed by atoms with van der Waals surface area (Å²) in [7, 11) is -4.04. The minimum Gasteiger partial charge on any atom is -0.481 e. The Kier molecular flexibility index (Phi) is 6.94. The van der Waals surface area contributed by atoms with Crippen LogP contribution in [-0.2, 0) is 21.4 Å². The summed E-state index contributed by atoms with van der Waals surface area (Å²) in [5.41, 5.74) is 2.79. The Labute approximate surface area is 245 Å². The number of ether oxygens (including phenoxy) is 1. The van der Waals surface area contributed by atoms with E-state index in [9.17, 15) is 27.1 Å². The number of nitrogens with zero attached hydrogens (tertiary/aromatic N) is 5. The van der Waals surface area contributed by atoms with Gasteiger partial charge in [0.2, 0.25) is 21.7 Å². The van der Waals surface area contributed by atoms with Gasteiger partial charge in [0.05, 0.1) is 18.0 Å². The Balaban J connectivity index is 1.40. The fourth-order valence-electron chi connectivity index (χ4n) is 5.48. The minimum absolute atomic E-state index is 0.0127. The number of pyridine rings is 2. The highest BCUT2D eigenvalue weighted by molar-refractivity contribution is 7.89. The van der Waals surface area contributed by atoms with Crippen molar-refractivity contribution in [3.05, 3.63) is 81.4 Å². The second-order valence-electron chi connectivity index (χ2n) is 10.8. The lowest BCUT2D eigenvalue weighted by Gasteiger charge is -2.25. The van der Waals surface area contributed by atoms with Gasteiger partial charge in [0.25, 0.3) is 6.43 Å². The number of aromatic nitrogens is 4. The second kappa shape index (κ2) is 10.2. The molecule has 6 rings (SSSR count). The molecule has 14 heteroatoms. The number of sulfonamides is 1. The third kappa shape index (κ3) is 4.99. The van der Waals surface area contributed by atoms with Crippen LogP contribution >= 0.6 is 11.6 Å². The molecule has 0 unspecified atom stereocenters. The molecule has 1 saturated carbocycles. The van der Waals surface area contributed by atoms with Crippen LogP contribution in [0.25, 0.3) is 5.65 Å². The predicted octanol–water partition coefficient (Wildman–Crippen LogP) is 5.05. The van der Waals surface area contributed by atoms with Crippen molar-refractivity contribution in [2.24, 2.45) is 0 Å². The van der Waals surface area contributed by atoms with Gasteiger partial charge in [-0.05, 0) is 66.6 Å². The van der Waals surface area contributed by atoms with Gasteiger partial charge in [-0.3, -0.25) is 9.20 Å². The van der Waals surface area contributed by atoms with Crippen LogP contribution in [-0.4, -0.2) is 55.5 Å². The summed E-state index contributed by atoms with van der Waals surface area (Å²) >= 11 is 6.10. The average molecular weight is 618 g/mol. The van der Waals surface area contributed by atoms with Crippen molar-refractivity contribution in [2.75, 3.05) is 6.54 Å². The van der Waals surface area contributed by atoms with Crippen LogP contribution in [0.1, 0.15) is 65.2 Å². The highest BCUT2D eigenvalue weighted by Crippen LogP contribution is 2.46. The fourth-order valence-corrected chi connectivity index (χ4v) is 7.29. The number of carboxylic acids is 1. The third-order valence-electron chi connectivity index (χ3n) is 7.95. The number of hydrogen-bond donors (Lipinski definition) is 1. The molecule has 1 spiro atoms. The molecular formula is C28H26ClF2N5O5S. The summed E-state index contributed by atoms with van der Waals surface area (Å²) in [5, 5.41) is 17.5. The van der Waals surface area contributed by atoms with E-state index in [0.717, 1.165) is 5.56 Å². The van der Waals surface area contributed by atoms with Crippen LogP contribution in [0.15, 0.2) is 47.6 Å². The van der Waals surface area contributed by atoms with E-state index in [1.807, 2.05) is 13.0 Å². The molecule has 10 nitrogen and oxygen atoms in total. The maximum absolute atomic E-state index is 13.8. The zero-order chi connectivity index (χ0) is 30.0. The molecule has 1 aliphatic heterocycles. The predicted molar refractivity (Wildman–Crippen MR) is 147 cm³/mol. The number of rotatable bonds is 7. The number of benzene rings is 1. The van der Waals surface area contributed by atoms with Crippen molar-refractivity contribution in [1.82, 2.24) is 23.9 Å². The number of carbonyl (C=O) groups is 1. The number of carboxylic acid groups (broad SMARTS) is 1. The lowest BCUT2D eigenvalue weighted by molar-refractivity contribution is -0.137. The summed E-state index contributed by atoms with van der Waals surface area (Å²) in [6.45, 7) is 3.68. The molecule has 1 aromatic carbocycles. The van der Waals surface area contributed by atoms with Gasteiger partial charge < -0.3 is 9.84 Å². The largest absolute Gasteiger partial charge is 0.481 e. The Morgan fingerprint density at radius 3 is 2.64 bits per heavy atom. The zero-order valence-corrected chi connectivity index (χ0v) is 24.2. The van der Waals surface area contributed by atoms with Crippen molar-refractivity contribution in [3.8, 4) is 5.88 Å². The molecule has 0 radical (unpaired) electrons. The number of hydrogen-bond acceptors (Lipinski definition) is 7. The first-order valence-electron chi connectivity index (χ1n) is 13.2. The average Bonchev–Trinajstić information content (AvgIpc) is 3.55. The molecule has 4 heterocycles. The molecule has 3 aromatic heterocycles. The molecule has 42 heavy (non-hydrogen) atoms. The van der Waals surface area contributed by atoms with Gasteiger partial charge >= 0.3 is 5.97 Å². The van der Waals surface area contributed by atoms with Gasteiger partial charge in [0.1, 0.15) is 10.5 Å². The second-order valence-corrected chi connectivity index (χ2v) is 13.1. The Morgan fingerprint density at radius 2 is 1.95 bits per heavy atom. The van der Waals surface area contributed by atoms with Gasteiger partial charge in [0, 0.05) is 24.9 Å². The Hall–Kier alpha value is -3.68. The molecule has 1 fully saturated rings. The van der Waals surface area contributed by atoms with Crippen LogP contribution in [0.4, 0.5) is 8.78 Å². The van der Waals surface area contributed by atoms with Crippen molar-refractivity contribution < 1.29 is 31.8 Å². The Bertz CT molecular complexity index is 1840. The molecular weight excluding hydrogens is 592 g/mol. The first-order chi connectivity index (χ1) is 19.9. The first-order valence-corrected chi connectivity index (χ1v) is 15.0. The van der Waals surface area contributed by atoms with E-state index in [-0.39, 0.29) is 41.0 Å². The third-order valence-corrected chi connectivity index (χ3v) is 9.95. The number of aliphatic carboxylic acids is 1. The monoisotopic (exact) mass is 617 g/mol.